The van der Waals surface area contributed by atoms with Crippen LogP contribution in [-0.4, -0.2) is 31.8 Å². The SMILES string of the molecule is CCN(C(=O)c1cccc(S(=O)(=O)Nc2cc(C(F)(F)F)ccc2Cl)c1)C1CCCCC1. The van der Waals surface area contributed by atoms with Gasteiger partial charge >= 0.3 is 6.18 Å². The minimum atomic E-state index is -4.65. The molecule has 1 N–H and O–H groups in total. The third-order valence-corrected chi connectivity index (χ3v) is 7.24. The molecule has 3 rings (SSSR count). The average Bonchev–Trinajstić information content (AvgIpc) is 2.75. The van der Waals surface area contributed by atoms with E-state index >= 15 is 0 Å². The van der Waals surface area contributed by atoms with Gasteiger partial charge in [0.2, 0.25) is 0 Å². The Morgan fingerprint density at radius 2 is 1.81 bits per heavy atom. The van der Waals surface area contributed by atoms with Crippen molar-refractivity contribution in [3.05, 3.63) is 58.6 Å². The molecular formula is C22H24ClF3N2O3S. The number of alkyl halides is 3. The molecule has 5 nitrogen and oxygen atoms in total. The predicted molar refractivity (Wildman–Crippen MR) is 117 cm³/mol. The van der Waals surface area contributed by atoms with E-state index in [1.807, 2.05) is 6.92 Å². The number of amides is 1. The minimum Gasteiger partial charge on any atom is -0.336 e. The Morgan fingerprint density at radius 1 is 1.12 bits per heavy atom. The molecule has 2 aromatic rings. The monoisotopic (exact) mass is 488 g/mol. The Labute approximate surface area is 190 Å². The van der Waals surface area contributed by atoms with Crippen molar-refractivity contribution < 1.29 is 26.4 Å². The zero-order valence-electron chi connectivity index (χ0n) is 17.5. The van der Waals surface area contributed by atoms with Crippen LogP contribution in [0.3, 0.4) is 0 Å². The average molecular weight is 489 g/mol. The summed E-state index contributed by atoms with van der Waals surface area (Å²) in [6.45, 7) is 2.38. The first-order chi connectivity index (χ1) is 15.0. The van der Waals surface area contributed by atoms with Gasteiger partial charge < -0.3 is 4.90 Å². The minimum absolute atomic E-state index is 0.114. The van der Waals surface area contributed by atoms with Crippen LogP contribution in [0.2, 0.25) is 5.02 Å². The van der Waals surface area contributed by atoms with Gasteiger partial charge in [-0.2, -0.15) is 13.2 Å². The van der Waals surface area contributed by atoms with Crippen LogP contribution in [-0.2, 0) is 16.2 Å². The van der Waals surface area contributed by atoms with E-state index in [2.05, 4.69) is 4.72 Å². The topological polar surface area (TPSA) is 66.5 Å². The van der Waals surface area contributed by atoms with Gasteiger partial charge in [-0.3, -0.25) is 9.52 Å². The maximum Gasteiger partial charge on any atom is 0.416 e. The van der Waals surface area contributed by atoms with Gasteiger partial charge in [-0.05, 0) is 56.2 Å². The first-order valence-electron chi connectivity index (χ1n) is 10.3. The molecule has 0 aliphatic heterocycles. The summed E-state index contributed by atoms with van der Waals surface area (Å²) in [6.07, 6.45) is 0.398. The van der Waals surface area contributed by atoms with Gasteiger partial charge in [0.25, 0.3) is 15.9 Å². The Kier molecular flexibility index (Phi) is 7.39. The second-order valence-corrected chi connectivity index (χ2v) is 9.80. The number of nitrogens with one attached hydrogen (secondary N) is 1. The zero-order valence-corrected chi connectivity index (χ0v) is 19.0. The number of sulfonamides is 1. The number of rotatable bonds is 6. The summed E-state index contributed by atoms with van der Waals surface area (Å²) in [5.74, 6) is -0.270. The van der Waals surface area contributed by atoms with Crippen LogP contribution in [0.5, 0.6) is 0 Å². The quantitative estimate of drug-likeness (QED) is 0.546. The number of benzene rings is 2. The van der Waals surface area contributed by atoms with E-state index < -0.39 is 27.5 Å². The van der Waals surface area contributed by atoms with Gasteiger partial charge in [0.15, 0.2) is 0 Å². The summed E-state index contributed by atoms with van der Waals surface area (Å²) in [5, 5.41) is -0.178. The number of carbonyl (C=O) groups is 1. The Bertz CT molecular complexity index is 1080. The van der Waals surface area contributed by atoms with Crippen molar-refractivity contribution in [3.63, 3.8) is 0 Å². The molecule has 174 valence electrons. The molecular weight excluding hydrogens is 465 g/mol. The third-order valence-electron chi connectivity index (χ3n) is 5.55. The second kappa shape index (κ2) is 9.70. The van der Waals surface area contributed by atoms with Crippen molar-refractivity contribution in [1.82, 2.24) is 4.90 Å². The lowest BCUT2D eigenvalue weighted by molar-refractivity contribution is -0.137. The molecule has 0 unspecified atom stereocenters. The summed E-state index contributed by atoms with van der Waals surface area (Å²) in [4.78, 5) is 14.6. The molecule has 0 saturated heterocycles. The first kappa shape index (κ1) is 24.4. The summed E-state index contributed by atoms with van der Waals surface area (Å²) < 4.78 is 66.8. The standard InChI is InChI=1S/C22H24ClF3N2O3S/c1-2-28(17-8-4-3-5-9-17)21(29)15-7-6-10-18(13-15)32(30,31)27-20-14-16(22(24,25)26)11-12-19(20)23/h6-7,10-14,17,27H,2-5,8-9H2,1H3. The van der Waals surface area contributed by atoms with Crippen molar-refractivity contribution in [3.8, 4) is 0 Å². The molecule has 0 atom stereocenters. The van der Waals surface area contributed by atoms with Crippen molar-refractivity contribution in [1.29, 1.82) is 0 Å². The maximum absolute atomic E-state index is 13.1. The van der Waals surface area contributed by atoms with E-state index in [0.29, 0.717) is 12.6 Å². The Hall–Kier alpha value is -2.26. The number of halogens is 4. The fraction of sp³-hybridized carbons (Fsp3) is 0.409. The molecule has 1 aliphatic rings. The van der Waals surface area contributed by atoms with Crippen LogP contribution >= 0.6 is 11.6 Å². The summed E-state index contributed by atoms with van der Waals surface area (Å²) in [7, 11) is -4.28. The van der Waals surface area contributed by atoms with Gasteiger partial charge in [-0.25, -0.2) is 8.42 Å². The van der Waals surface area contributed by atoms with E-state index in [-0.39, 0.29) is 27.4 Å². The number of carbonyl (C=O) groups excluding carboxylic acids is 1. The highest BCUT2D eigenvalue weighted by atomic mass is 35.5. The fourth-order valence-corrected chi connectivity index (χ4v) is 5.24. The van der Waals surface area contributed by atoms with Crippen molar-refractivity contribution in [2.45, 2.75) is 56.1 Å². The molecule has 2 aromatic carbocycles. The van der Waals surface area contributed by atoms with Crippen molar-refractivity contribution >= 4 is 33.2 Å². The van der Waals surface area contributed by atoms with E-state index in [9.17, 15) is 26.4 Å². The number of hydrogen-bond acceptors (Lipinski definition) is 3. The Morgan fingerprint density at radius 3 is 2.44 bits per heavy atom. The summed E-state index contributed by atoms with van der Waals surface area (Å²) in [6, 6.07) is 7.97. The molecule has 1 fully saturated rings. The van der Waals surface area contributed by atoms with Crippen LogP contribution < -0.4 is 4.72 Å². The second-order valence-electron chi connectivity index (χ2n) is 7.71. The van der Waals surface area contributed by atoms with Crippen LogP contribution in [0.15, 0.2) is 47.4 Å². The molecule has 0 heterocycles. The highest BCUT2D eigenvalue weighted by Gasteiger charge is 2.32. The van der Waals surface area contributed by atoms with E-state index in [1.165, 1.54) is 24.3 Å². The highest BCUT2D eigenvalue weighted by Crippen LogP contribution is 2.34. The maximum atomic E-state index is 13.1. The fourth-order valence-electron chi connectivity index (χ4n) is 3.91. The molecule has 0 radical (unpaired) electrons. The molecule has 0 spiro atoms. The van der Waals surface area contributed by atoms with Crippen molar-refractivity contribution in [2.75, 3.05) is 11.3 Å². The largest absolute Gasteiger partial charge is 0.416 e. The van der Waals surface area contributed by atoms with Gasteiger partial charge in [0.05, 0.1) is 21.2 Å². The molecule has 1 aliphatic carbocycles. The summed E-state index contributed by atoms with van der Waals surface area (Å²) >= 11 is 5.91. The van der Waals surface area contributed by atoms with Gasteiger partial charge in [0, 0.05) is 18.2 Å². The highest BCUT2D eigenvalue weighted by molar-refractivity contribution is 7.92. The number of anilines is 1. The lowest BCUT2D eigenvalue weighted by atomic mass is 9.93. The lowest BCUT2D eigenvalue weighted by Gasteiger charge is -2.33. The van der Waals surface area contributed by atoms with Crippen LogP contribution in [0.4, 0.5) is 18.9 Å². The molecule has 0 bridgehead atoms. The van der Waals surface area contributed by atoms with Crippen LogP contribution in [0, 0.1) is 0 Å². The van der Waals surface area contributed by atoms with Gasteiger partial charge in [-0.1, -0.05) is 36.9 Å². The number of hydrogen-bond donors (Lipinski definition) is 1. The van der Waals surface area contributed by atoms with E-state index in [4.69, 9.17) is 11.6 Å². The molecule has 1 amide bonds. The number of nitrogens with zero attached hydrogens (tertiary/aromatic N) is 1. The molecule has 1 saturated carbocycles. The van der Waals surface area contributed by atoms with Gasteiger partial charge in [-0.15, -0.1) is 0 Å². The molecule has 10 heteroatoms. The predicted octanol–water partition coefficient (Wildman–Crippen LogP) is 5.95. The van der Waals surface area contributed by atoms with Crippen LogP contribution in [0.25, 0.3) is 0 Å². The van der Waals surface area contributed by atoms with Gasteiger partial charge in [0.1, 0.15) is 0 Å². The smallest absolute Gasteiger partial charge is 0.336 e. The molecule has 0 aromatic heterocycles. The zero-order chi connectivity index (χ0) is 23.5. The lowest BCUT2D eigenvalue weighted by Crippen LogP contribution is -2.41. The normalized spacial score (nSPS) is 15.4. The summed E-state index contributed by atoms with van der Waals surface area (Å²) in [5.41, 5.74) is -1.22. The van der Waals surface area contributed by atoms with E-state index in [1.54, 1.807) is 4.90 Å². The molecule has 32 heavy (non-hydrogen) atoms. The van der Waals surface area contributed by atoms with Crippen molar-refractivity contribution in [2.24, 2.45) is 0 Å². The van der Waals surface area contributed by atoms with Crippen LogP contribution in [0.1, 0.15) is 54.9 Å². The van der Waals surface area contributed by atoms with E-state index in [0.717, 1.165) is 44.2 Å². The Balaban J connectivity index is 1.87. The third kappa shape index (κ3) is 5.56. The first-order valence-corrected chi connectivity index (χ1v) is 12.2.